The van der Waals surface area contributed by atoms with Gasteiger partial charge in [0, 0.05) is 0 Å². The summed E-state index contributed by atoms with van der Waals surface area (Å²) >= 11 is -0.556. The van der Waals surface area contributed by atoms with Gasteiger partial charge in [-0.25, -0.2) is 0 Å². The van der Waals surface area contributed by atoms with Crippen molar-refractivity contribution in [3.63, 3.8) is 0 Å². The van der Waals surface area contributed by atoms with E-state index in [1.54, 1.807) is 0 Å². The van der Waals surface area contributed by atoms with E-state index in [1.807, 2.05) is 18.2 Å². The second-order valence-electron chi connectivity index (χ2n) is 1.73. The standard InChI is InChI=1S/C7H8.2ClH.Ti/c1-7-5-3-2-4-6-7;;;/h2-6H,1H3;2*1H;/q;;;+2/p-2. The van der Waals surface area contributed by atoms with Crippen molar-refractivity contribution in [2.45, 2.75) is 6.92 Å². The minimum atomic E-state index is -0.556. The van der Waals surface area contributed by atoms with Gasteiger partial charge in [-0.2, -0.15) is 0 Å². The Morgan fingerprint density at radius 3 is 1.70 bits per heavy atom. The SMILES string of the molecule is Cc1ccccc1.[Cl][Ti][Cl]. The third-order valence-corrected chi connectivity index (χ3v) is 0.940. The predicted octanol–water partition coefficient (Wildman–Crippen LogP) is 3.37. The van der Waals surface area contributed by atoms with Crippen molar-refractivity contribution in [2.24, 2.45) is 0 Å². The molecule has 10 heavy (non-hydrogen) atoms. The number of benzene rings is 1. The zero-order valence-electron chi connectivity index (χ0n) is 5.64. The van der Waals surface area contributed by atoms with E-state index in [4.69, 9.17) is 18.6 Å². The summed E-state index contributed by atoms with van der Waals surface area (Å²) in [5, 5.41) is 0. The van der Waals surface area contributed by atoms with E-state index in [-0.39, 0.29) is 0 Å². The molecule has 0 saturated carbocycles. The van der Waals surface area contributed by atoms with Gasteiger partial charge in [0.25, 0.3) is 0 Å². The molecule has 0 aliphatic rings. The van der Waals surface area contributed by atoms with Crippen molar-refractivity contribution in [3.8, 4) is 0 Å². The van der Waals surface area contributed by atoms with Crippen molar-refractivity contribution in [1.29, 1.82) is 0 Å². The monoisotopic (exact) mass is 210 g/mol. The Bertz CT molecular complexity index is 153. The van der Waals surface area contributed by atoms with E-state index < -0.39 is 17.0 Å². The first-order chi connectivity index (χ1) is 4.81. The van der Waals surface area contributed by atoms with E-state index in [2.05, 4.69) is 19.1 Å². The van der Waals surface area contributed by atoms with Crippen LogP contribution in [0.3, 0.4) is 0 Å². The van der Waals surface area contributed by atoms with Gasteiger partial charge in [0.2, 0.25) is 0 Å². The molecule has 0 unspecified atom stereocenters. The maximum absolute atomic E-state index is 4.89. The summed E-state index contributed by atoms with van der Waals surface area (Å²) in [6, 6.07) is 10.3. The van der Waals surface area contributed by atoms with Crippen LogP contribution in [0.5, 0.6) is 0 Å². The van der Waals surface area contributed by atoms with Crippen molar-refractivity contribution in [2.75, 3.05) is 0 Å². The van der Waals surface area contributed by atoms with E-state index >= 15 is 0 Å². The van der Waals surface area contributed by atoms with Gasteiger partial charge in [0.05, 0.1) is 0 Å². The van der Waals surface area contributed by atoms with Gasteiger partial charge < -0.3 is 0 Å². The molecule has 0 N–H and O–H groups in total. The molecule has 0 heterocycles. The molecule has 0 spiro atoms. The molecule has 0 fully saturated rings. The molecule has 0 aliphatic heterocycles. The van der Waals surface area contributed by atoms with Crippen LogP contribution in [0.1, 0.15) is 5.56 Å². The Hall–Kier alpha value is 0.514. The Kier molecular flexibility index (Phi) is 8.01. The molecule has 0 saturated heterocycles. The maximum atomic E-state index is 4.89. The first kappa shape index (κ1) is 10.5. The van der Waals surface area contributed by atoms with Gasteiger partial charge >= 0.3 is 35.6 Å². The van der Waals surface area contributed by atoms with E-state index in [1.165, 1.54) is 5.56 Å². The Morgan fingerprint density at radius 2 is 1.50 bits per heavy atom. The van der Waals surface area contributed by atoms with Crippen LogP contribution >= 0.6 is 18.6 Å². The van der Waals surface area contributed by atoms with E-state index in [0.29, 0.717) is 0 Å². The Labute approximate surface area is 78.2 Å². The molecule has 0 aliphatic carbocycles. The van der Waals surface area contributed by atoms with Gasteiger partial charge in [-0.1, -0.05) is 35.9 Å². The molecule has 0 amide bonds. The quantitative estimate of drug-likeness (QED) is 0.577. The van der Waals surface area contributed by atoms with Crippen molar-refractivity contribution < 1.29 is 17.0 Å². The van der Waals surface area contributed by atoms with Crippen molar-refractivity contribution >= 4 is 18.6 Å². The van der Waals surface area contributed by atoms with Gasteiger partial charge in [-0.15, -0.1) is 0 Å². The van der Waals surface area contributed by atoms with Gasteiger partial charge in [-0.05, 0) is 6.92 Å². The van der Waals surface area contributed by atoms with E-state index in [0.717, 1.165) is 0 Å². The number of hydrogen-bond donors (Lipinski definition) is 0. The molecular formula is C7H8Cl2Ti. The number of aryl methyl sites for hydroxylation is 1. The van der Waals surface area contributed by atoms with Crippen molar-refractivity contribution in [1.82, 2.24) is 0 Å². The van der Waals surface area contributed by atoms with Crippen LogP contribution < -0.4 is 0 Å². The average Bonchev–Trinajstić information content (AvgIpc) is 1.91. The molecule has 1 aromatic rings. The second kappa shape index (κ2) is 7.62. The summed E-state index contributed by atoms with van der Waals surface area (Å²) in [5.41, 5.74) is 1.32. The summed E-state index contributed by atoms with van der Waals surface area (Å²) in [6.45, 7) is 2.08. The zero-order chi connectivity index (χ0) is 7.82. The molecular weight excluding hydrogens is 203 g/mol. The van der Waals surface area contributed by atoms with Crippen LogP contribution in [-0.4, -0.2) is 0 Å². The number of rotatable bonds is 0. The first-order valence-corrected chi connectivity index (χ1v) is 7.09. The Morgan fingerprint density at radius 1 is 1.10 bits per heavy atom. The fourth-order valence-corrected chi connectivity index (χ4v) is 0.534. The molecule has 0 nitrogen and oxygen atoms in total. The Balaban J connectivity index is 0.000000236. The molecule has 54 valence electrons. The molecule has 0 radical (unpaired) electrons. The topological polar surface area (TPSA) is 0 Å². The summed E-state index contributed by atoms with van der Waals surface area (Å²) in [5.74, 6) is 0. The average molecular weight is 211 g/mol. The summed E-state index contributed by atoms with van der Waals surface area (Å²) < 4.78 is 0. The molecule has 3 heteroatoms. The van der Waals surface area contributed by atoms with Crippen LogP contribution in [-0.2, 0) is 17.0 Å². The van der Waals surface area contributed by atoms with Crippen LogP contribution in [0.2, 0.25) is 0 Å². The fourth-order valence-electron chi connectivity index (χ4n) is 0.534. The summed E-state index contributed by atoms with van der Waals surface area (Å²) in [4.78, 5) is 0. The van der Waals surface area contributed by atoms with Crippen molar-refractivity contribution in [3.05, 3.63) is 35.9 Å². The normalized spacial score (nSPS) is 7.50. The fraction of sp³-hybridized carbons (Fsp3) is 0.143. The third kappa shape index (κ3) is 6.63. The zero-order valence-corrected chi connectivity index (χ0v) is 8.72. The van der Waals surface area contributed by atoms with E-state index in [9.17, 15) is 0 Å². The molecule has 1 rings (SSSR count). The first-order valence-electron chi connectivity index (χ1n) is 2.79. The van der Waals surface area contributed by atoms with Gasteiger partial charge in [0.15, 0.2) is 0 Å². The third-order valence-electron chi connectivity index (χ3n) is 0.940. The summed E-state index contributed by atoms with van der Waals surface area (Å²) in [7, 11) is 9.78. The number of halogens is 2. The molecule has 0 atom stereocenters. The molecule has 0 aromatic heterocycles. The van der Waals surface area contributed by atoms with Gasteiger partial charge in [0.1, 0.15) is 0 Å². The molecule has 1 aromatic carbocycles. The van der Waals surface area contributed by atoms with Crippen LogP contribution in [0.15, 0.2) is 30.3 Å². The molecule has 0 bridgehead atoms. The van der Waals surface area contributed by atoms with Crippen LogP contribution in [0, 0.1) is 6.92 Å². The number of hydrogen-bond acceptors (Lipinski definition) is 0. The van der Waals surface area contributed by atoms with Crippen LogP contribution in [0.25, 0.3) is 0 Å². The van der Waals surface area contributed by atoms with Crippen LogP contribution in [0.4, 0.5) is 0 Å². The van der Waals surface area contributed by atoms with Gasteiger partial charge in [-0.3, -0.25) is 0 Å². The predicted molar refractivity (Wildman–Crippen MR) is 42.9 cm³/mol. The summed E-state index contributed by atoms with van der Waals surface area (Å²) in [6.07, 6.45) is 0. The second-order valence-corrected chi connectivity index (χ2v) is 4.31. The minimum absolute atomic E-state index is 0.556.